The molecule has 0 fully saturated rings. The Morgan fingerprint density at radius 3 is 2.56 bits per heavy atom. The van der Waals surface area contributed by atoms with E-state index in [0.717, 1.165) is 17.0 Å². The third-order valence-electron chi connectivity index (χ3n) is 3.33. The number of rotatable bonds is 1. The lowest BCUT2D eigenvalue weighted by molar-refractivity contribution is -0.117. The van der Waals surface area contributed by atoms with Crippen molar-refractivity contribution in [1.29, 1.82) is 0 Å². The van der Waals surface area contributed by atoms with Crippen LogP contribution in [0.1, 0.15) is 33.3 Å². The van der Waals surface area contributed by atoms with Gasteiger partial charge in [-0.2, -0.15) is 0 Å². The molecule has 1 aromatic carbocycles. The number of hydrogen-bond acceptors (Lipinski definition) is 2. The van der Waals surface area contributed by atoms with Crippen molar-refractivity contribution in [3.05, 3.63) is 29.8 Å². The average molecular weight is 245 g/mol. The smallest absolute Gasteiger partial charge is 0.224 e. The monoisotopic (exact) mass is 245 g/mol. The van der Waals surface area contributed by atoms with Crippen molar-refractivity contribution < 1.29 is 9.53 Å². The highest BCUT2D eigenvalue weighted by Crippen LogP contribution is 2.44. The van der Waals surface area contributed by atoms with E-state index in [1.807, 2.05) is 32.0 Å². The molecule has 0 N–H and O–H groups in total. The Balaban J connectivity index is 2.76. The zero-order valence-electron chi connectivity index (χ0n) is 11.6. The van der Waals surface area contributed by atoms with E-state index in [9.17, 15) is 4.79 Å². The molecule has 2 rings (SSSR count). The minimum atomic E-state index is -0.336. The Bertz CT molecular complexity index is 529. The zero-order valence-corrected chi connectivity index (χ0v) is 11.6. The quantitative estimate of drug-likeness (QED) is 0.760. The van der Waals surface area contributed by atoms with Crippen LogP contribution in [-0.4, -0.2) is 18.6 Å². The van der Waals surface area contributed by atoms with Gasteiger partial charge >= 0.3 is 0 Å². The van der Waals surface area contributed by atoms with Gasteiger partial charge in [0.05, 0.1) is 18.3 Å². The van der Waals surface area contributed by atoms with Crippen molar-refractivity contribution in [2.45, 2.75) is 33.2 Å². The van der Waals surface area contributed by atoms with Crippen LogP contribution < -0.4 is 9.64 Å². The van der Waals surface area contributed by atoms with E-state index in [-0.39, 0.29) is 11.4 Å². The lowest BCUT2D eigenvalue weighted by atomic mass is 9.88. The molecule has 0 saturated heterocycles. The Morgan fingerprint density at radius 1 is 1.33 bits per heavy atom. The third-order valence-corrected chi connectivity index (χ3v) is 3.33. The fourth-order valence-corrected chi connectivity index (χ4v) is 2.76. The van der Waals surface area contributed by atoms with Crippen LogP contribution in [0.25, 0.3) is 5.57 Å². The number of hydrogen-bond donors (Lipinski definition) is 0. The molecule has 3 nitrogen and oxygen atoms in total. The lowest BCUT2D eigenvalue weighted by Gasteiger charge is -2.41. The number of amides is 1. The number of carbonyl (C=O) groups excluding carboxylic acids is 1. The summed E-state index contributed by atoms with van der Waals surface area (Å²) in [4.78, 5) is 13.8. The van der Waals surface area contributed by atoms with Gasteiger partial charge in [0, 0.05) is 12.5 Å². The highest BCUT2D eigenvalue weighted by Gasteiger charge is 2.35. The topological polar surface area (TPSA) is 29.5 Å². The van der Waals surface area contributed by atoms with Crippen LogP contribution >= 0.6 is 0 Å². The van der Waals surface area contributed by atoms with Crippen LogP contribution in [0.2, 0.25) is 0 Å². The summed E-state index contributed by atoms with van der Waals surface area (Å²) in [6, 6.07) is 5.87. The van der Waals surface area contributed by atoms with E-state index in [4.69, 9.17) is 4.74 Å². The Kier molecular flexibility index (Phi) is 2.93. The van der Waals surface area contributed by atoms with E-state index < -0.39 is 0 Å². The number of methoxy groups -OCH3 is 1. The van der Waals surface area contributed by atoms with Gasteiger partial charge < -0.3 is 4.74 Å². The van der Waals surface area contributed by atoms with Crippen LogP contribution in [0.4, 0.5) is 5.69 Å². The summed E-state index contributed by atoms with van der Waals surface area (Å²) in [6.07, 6.45) is 2.12. The number of allylic oxidation sites excluding steroid dienone is 1. The van der Waals surface area contributed by atoms with Crippen LogP contribution in [0, 0.1) is 0 Å². The summed E-state index contributed by atoms with van der Waals surface area (Å²) >= 11 is 0. The maximum atomic E-state index is 12.0. The van der Waals surface area contributed by atoms with Gasteiger partial charge in [0.15, 0.2) is 0 Å². The maximum absolute atomic E-state index is 12.0. The van der Waals surface area contributed by atoms with Crippen molar-refractivity contribution in [3.63, 3.8) is 0 Å². The molecule has 1 aliphatic rings. The van der Waals surface area contributed by atoms with Gasteiger partial charge in [-0.25, -0.2) is 0 Å². The second kappa shape index (κ2) is 4.16. The van der Waals surface area contributed by atoms with E-state index in [2.05, 4.69) is 13.0 Å². The number of nitrogens with zero attached hydrogens (tertiary/aromatic N) is 1. The predicted molar refractivity (Wildman–Crippen MR) is 73.9 cm³/mol. The van der Waals surface area contributed by atoms with Crippen molar-refractivity contribution in [1.82, 2.24) is 0 Å². The normalized spacial score (nSPS) is 16.9. The summed E-state index contributed by atoms with van der Waals surface area (Å²) in [5.74, 6) is 0.762. The lowest BCUT2D eigenvalue weighted by Crippen LogP contribution is -2.48. The SMILES string of the molecule is COc1cccc2c1N(C(C)=O)C(C)(C)C=C2C. The van der Waals surface area contributed by atoms with Gasteiger partial charge in [-0.05, 0) is 32.4 Å². The standard InChI is InChI=1S/C15H19NO2/c1-10-9-15(3,4)16(11(2)17)14-12(10)7-6-8-13(14)18-5/h6-9H,1-5H3. The maximum Gasteiger partial charge on any atom is 0.224 e. The van der Waals surface area contributed by atoms with Gasteiger partial charge in [0.2, 0.25) is 5.91 Å². The van der Waals surface area contributed by atoms with Crippen LogP contribution in [0.15, 0.2) is 24.3 Å². The molecule has 0 aliphatic carbocycles. The Morgan fingerprint density at radius 2 is 2.00 bits per heavy atom. The first-order valence-corrected chi connectivity index (χ1v) is 6.06. The summed E-state index contributed by atoms with van der Waals surface area (Å²) in [7, 11) is 1.63. The van der Waals surface area contributed by atoms with Crippen molar-refractivity contribution in [3.8, 4) is 5.75 Å². The molecule has 1 aromatic rings. The minimum absolute atomic E-state index is 0.0227. The highest BCUT2D eigenvalue weighted by atomic mass is 16.5. The summed E-state index contributed by atoms with van der Waals surface area (Å²) in [6.45, 7) is 7.73. The molecule has 0 unspecified atom stereocenters. The number of ether oxygens (including phenoxy) is 1. The molecule has 0 atom stereocenters. The molecule has 1 heterocycles. The first-order chi connectivity index (χ1) is 8.38. The Labute approximate surface area is 108 Å². The van der Waals surface area contributed by atoms with Crippen LogP contribution in [-0.2, 0) is 4.79 Å². The summed E-state index contributed by atoms with van der Waals surface area (Å²) in [5.41, 5.74) is 2.77. The molecule has 1 amide bonds. The van der Waals surface area contributed by atoms with Gasteiger partial charge in [0.25, 0.3) is 0 Å². The number of benzene rings is 1. The van der Waals surface area contributed by atoms with E-state index in [1.54, 1.807) is 18.9 Å². The minimum Gasteiger partial charge on any atom is -0.495 e. The molecule has 3 heteroatoms. The second-order valence-electron chi connectivity index (χ2n) is 5.19. The molecule has 18 heavy (non-hydrogen) atoms. The molecule has 0 bridgehead atoms. The Hall–Kier alpha value is -1.77. The fraction of sp³-hybridized carbons (Fsp3) is 0.400. The number of carbonyl (C=O) groups is 1. The molecule has 0 saturated carbocycles. The molecule has 1 aliphatic heterocycles. The number of para-hydroxylation sites is 1. The largest absolute Gasteiger partial charge is 0.495 e. The summed E-state index contributed by atoms with van der Waals surface area (Å²) < 4.78 is 5.41. The number of anilines is 1. The highest BCUT2D eigenvalue weighted by molar-refractivity contribution is 6.01. The molecule has 0 aromatic heterocycles. The van der Waals surface area contributed by atoms with Crippen LogP contribution in [0.5, 0.6) is 5.75 Å². The zero-order chi connectivity index (χ0) is 13.5. The first kappa shape index (κ1) is 12.7. The van der Waals surface area contributed by atoms with Crippen molar-refractivity contribution in [2.24, 2.45) is 0 Å². The van der Waals surface area contributed by atoms with E-state index in [1.165, 1.54) is 5.57 Å². The van der Waals surface area contributed by atoms with Crippen molar-refractivity contribution >= 4 is 17.2 Å². The number of fused-ring (bicyclic) bond motifs is 1. The van der Waals surface area contributed by atoms with Gasteiger partial charge in [-0.15, -0.1) is 0 Å². The third kappa shape index (κ3) is 1.80. The molecule has 96 valence electrons. The van der Waals surface area contributed by atoms with E-state index in [0.29, 0.717) is 0 Å². The molecular weight excluding hydrogens is 226 g/mol. The van der Waals surface area contributed by atoms with Gasteiger partial charge in [0.1, 0.15) is 5.75 Å². The average Bonchev–Trinajstić information content (AvgIpc) is 2.26. The second-order valence-corrected chi connectivity index (χ2v) is 5.19. The summed E-state index contributed by atoms with van der Waals surface area (Å²) in [5, 5.41) is 0. The molecule has 0 spiro atoms. The predicted octanol–water partition coefficient (Wildman–Crippen LogP) is 3.24. The molecule has 0 radical (unpaired) electrons. The fourth-order valence-electron chi connectivity index (χ4n) is 2.76. The first-order valence-electron chi connectivity index (χ1n) is 6.06. The van der Waals surface area contributed by atoms with Crippen LogP contribution in [0.3, 0.4) is 0 Å². The van der Waals surface area contributed by atoms with Crippen molar-refractivity contribution in [2.75, 3.05) is 12.0 Å². The van der Waals surface area contributed by atoms with Gasteiger partial charge in [-0.3, -0.25) is 9.69 Å². The van der Waals surface area contributed by atoms with E-state index >= 15 is 0 Å². The van der Waals surface area contributed by atoms with Gasteiger partial charge in [-0.1, -0.05) is 18.2 Å². The molecular formula is C15H19NO2.